The Balaban J connectivity index is 0.00000116. The lowest BCUT2D eigenvalue weighted by Crippen LogP contribution is -2.26. The largest absolute Gasteiger partial charge is 0.508 e. The maximum atomic E-state index is 13.2. The summed E-state index contributed by atoms with van der Waals surface area (Å²) in [6.07, 6.45) is 2.68. The topological polar surface area (TPSA) is 78.5 Å². The predicted molar refractivity (Wildman–Crippen MR) is 88.5 cm³/mol. The van der Waals surface area contributed by atoms with Gasteiger partial charge in [0.15, 0.2) is 11.6 Å². The number of nitrogens with two attached hydrogens (primary N) is 1. The number of phenols is 1. The quantitative estimate of drug-likeness (QED) is 0.474. The number of aliphatic hydroxyl groups is 1. The van der Waals surface area contributed by atoms with Crippen molar-refractivity contribution in [1.29, 1.82) is 0 Å². The van der Waals surface area contributed by atoms with Crippen molar-refractivity contribution in [2.24, 2.45) is 5.73 Å². The molecule has 22 heavy (non-hydrogen) atoms. The van der Waals surface area contributed by atoms with Gasteiger partial charge in [0, 0.05) is 22.4 Å². The van der Waals surface area contributed by atoms with Crippen LogP contribution in [0, 0.1) is 5.82 Å². The predicted octanol–water partition coefficient (Wildman–Crippen LogP) is 4.33. The normalized spacial score (nSPS) is 19.5. The molecule has 0 fully saturated rings. The first-order chi connectivity index (χ1) is 10.4. The lowest BCUT2D eigenvalue weighted by molar-refractivity contribution is 0.429. The van der Waals surface area contributed by atoms with E-state index in [0.29, 0.717) is 11.3 Å². The zero-order chi connectivity index (χ0) is 16.9. The monoisotopic (exact) mass is 346 g/mol. The number of rotatable bonds is 2. The fourth-order valence-corrected chi connectivity index (χ4v) is 2.16. The van der Waals surface area contributed by atoms with E-state index in [4.69, 9.17) is 34.0 Å². The van der Waals surface area contributed by atoms with E-state index in [1.807, 2.05) is 13.8 Å². The van der Waals surface area contributed by atoms with Crippen LogP contribution in [-0.4, -0.2) is 16.3 Å². The van der Waals surface area contributed by atoms with Crippen LogP contribution in [0.4, 0.5) is 10.1 Å². The van der Waals surface area contributed by atoms with E-state index >= 15 is 0 Å². The third-order valence-corrected chi connectivity index (χ3v) is 3.33. The minimum absolute atomic E-state index is 0.0801. The highest BCUT2D eigenvalue weighted by Gasteiger charge is 2.20. The molecule has 7 heteroatoms. The van der Waals surface area contributed by atoms with Gasteiger partial charge in [0.1, 0.15) is 10.9 Å². The molecule has 0 amide bonds. The summed E-state index contributed by atoms with van der Waals surface area (Å²) < 4.78 is 13.2. The highest BCUT2D eigenvalue weighted by atomic mass is 35.5. The molecule has 1 aliphatic carbocycles. The molecule has 0 aliphatic heterocycles. The van der Waals surface area contributed by atoms with Crippen LogP contribution < -0.4 is 11.1 Å². The molecule has 0 bridgehead atoms. The molecular formula is C15H17Cl2FN2O2. The number of aromatic hydroxyl groups is 1. The second-order valence-electron chi connectivity index (χ2n) is 4.14. The summed E-state index contributed by atoms with van der Waals surface area (Å²) in [4.78, 5) is 0. The van der Waals surface area contributed by atoms with Crippen LogP contribution >= 0.6 is 23.2 Å². The Bertz CT molecular complexity index is 642. The van der Waals surface area contributed by atoms with E-state index in [9.17, 15) is 9.50 Å². The van der Waals surface area contributed by atoms with E-state index in [2.05, 4.69) is 5.32 Å². The number of aliphatic hydroxyl groups excluding tert-OH is 1. The average Bonchev–Trinajstić information content (AvgIpc) is 2.48. The summed E-state index contributed by atoms with van der Waals surface area (Å²) in [6, 6.07) is 3.02. The van der Waals surface area contributed by atoms with Gasteiger partial charge in [0.2, 0.25) is 0 Å². The molecule has 5 N–H and O–H groups in total. The number of allylic oxidation sites excluding steroid dienone is 1. The zero-order valence-corrected chi connectivity index (χ0v) is 13.6. The van der Waals surface area contributed by atoms with Crippen molar-refractivity contribution in [2.45, 2.75) is 19.9 Å². The highest BCUT2D eigenvalue weighted by Crippen LogP contribution is 2.28. The fourth-order valence-electron chi connectivity index (χ4n) is 1.65. The average molecular weight is 347 g/mol. The fraction of sp³-hybridized carbons (Fsp3) is 0.200. The van der Waals surface area contributed by atoms with Crippen LogP contribution in [0.2, 0.25) is 0 Å². The van der Waals surface area contributed by atoms with Crippen molar-refractivity contribution in [2.75, 3.05) is 5.32 Å². The molecule has 1 unspecified atom stereocenters. The second kappa shape index (κ2) is 8.08. The summed E-state index contributed by atoms with van der Waals surface area (Å²) in [5, 5.41) is 21.7. The summed E-state index contributed by atoms with van der Waals surface area (Å²) in [6.45, 7) is 4.00. The molecule has 0 saturated heterocycles. The van der Waals surface area contributed by atoms with Gasteiger partial charge >= 0.3 is 0 Å². The number of anilines is 1. The third-order valence-electron chi connectivity index (χ3n) is 2.68. The van der Waals surface area contributed by atoms with Gasteiger partial charge in [-0.3, -0.25) is 0 Å². The number of hydrogen-bond donors (Lipinski definition) is 4. The maximum absolute atomic E-state index is 13.2. The molecule has 0 aromatic heterocycles. The minimum atomic E-state index is -0.784. The van der Waals surface area contributed by atoms with Gasteiger partial charge in [-0.15, -0.1) is 0 Å². The number of benzene rings is 1. The molecule has 0 spiro atoms. The third kappa shape index (κ3) is 4.40. The first-order valence-electron chi connectivity index (χ1n) is 6.57. The van der Waals surface area contributed by atoms with Crippen molar-refractivity contribution in [1.82, 2.24) is 0 Å². The van der Waals surface area contributed by atoms with Crippen LogP contribution in [0.25, 0.3) is 0 Å². The highest BCUT2D eigenvalue weighted by molar-refractivity contribution is 6.33. The van der Waals surface area contributed by atoms with Gasteiger partial charge < -0.3 is 21.3 Å². The maximum Gasteiger partial charge on any atom is 0.166 e. The lowest BCUT2D eigenvalue weighted by atomic mass is 10.0. The molecule has 0 saturated carbocycles. The van der Waals surface area contributed by atoms with Crippen LogP contribution in [0.15, 0.2) is 51.9 Å². The van der Waals surface area contributed by atoms with E-state index in [1.54, 1.807) is 0 Å². The Morgan fingerprint density at radius 3 is 2.50 bits per heavy atom. The summed E-state index contributed by atoms with van der Waals surface area (Å²) in [5.41, 5.74) is 6.53. The summed E-state index contributed by atoms with van der Waals surface area (Å²) >= 11 is 11.9. The van der Waals surface area contributed by atoms with Crippen LogP contribution in [-0.2, 0) is 0 Å². The number of nitrogens with one attached hydrogen (secondary N) is 1. The molecule has 120 valence electrons. The summed E-state index contributed by atoms with van der Waals surface area (Å²) in [5.74, 6) is -1.32. The molecule has 1 aliphatic rings. The molecule has 0 radical (unpaired) electrons. The molecule has 1 aromatic rings. The van der Waals surface area contributed by atoms with Crippen molar-refractivity contribution in [3.05, 3.63) is 57.7 Å². The van der Waals surface area contributed by atoms with Crippen LogP contribution in [0.3, 0.4) is 0 Å². The number of hydrogen-bond acceptors (Lipinski definition) is 4. The van der Waals surface area contributed by atoms with E-state index < -0.39 is 17.6 Å². The van der Waals surface area contributed by atoms with E-state index in [-0.39, 0.29) is 15.9 Å². The van der Waals surface area contributed by atoms with Gasteiger partial charge in [0.25, 0.3) is 0 Å². The first-order valence-corrected chi connectivity index (χ1v) is 7.32. The number of halogens is 3. The lowest BCUT2D eigenvalue weighted by Gasteiger charge is -2.19. The Labute approximate surface area is 138 Å². The van der Waals surface area contributed by atoms with Crippen molar-refractivity contribution >= 4 is 28.9 Å². The molecule has 1 aromatic carbocycles. The van der Waals surface area contributed by atoms with Crippen LogP contribution in [0.1, 0.15) is 13.8 Å². The van der Waals surface area contributed by atoms with Gasteiger partial charge in [-0.1, -0.05) is 37.0 Å². The van der Waals surface area contributed by atoms with Crippen molar-refractivity contribution in [3.8, 4) is 5.75 Å². The zero-order valence-electron chi connectivity index (χ0n) is 12.1. The molecular weight excluding hydrogens is 330 g/mol. The van der Waals surface area contributed by atoms with E-state index in [0.717, 1.165) is 6.07 Å². The Morgan fingerprint density at radius 2 is 1.91 bits per heavy atom. The van der Waals surface area contributed by atoms with Crippen molar-refractivity contribution in [3.63, 3.8) is 0 Å². The minimum Gasteiger partial charge on any atom is -0.508 e. The van der Waals surface area contributed by atoms with Crippen LogP contribution in [0.5, 0.6) is 5.75 Å². The molecule has 4 nitrogen and oxygen atoms in total. The smallest absolute Gasteiger partial charge is 0.166 e. The Hall–Kier alpha value is -1.69. The van der Waals surface area contributed by atoms with Gasteiger partial charge in [-0.25, -0.2) is 4.39 Å². The van der Waals surface area contributed by atoms with E-state index in [1.165, 1.54) is 24.3 Å². The second-order valence-corrected chi connectivity index (χ2v) is 4.95. The van der Waals surface area contributed by atoms with Crippen molar-refractivity contribution < 1.29 is 14.6 Å². The standard InChI is InChI=1S/C13H11Cl2FN2O2.C2H6/c14-9-5-7(19)4-8(12(9)17)13(15)18-6-1-2-11(20)10(16)3-6;1-2/h1-5,12,18-20H,17H2;1-2H3/b13-8-;. The molecule has 1 atom stereocenters. The SMILES string of the molecule is CC.NC1C(Cl)=CC(O)=C/C1=C(\Cl)Nc1ccc(O)c(F)c1. The Morgan fingerprint density at radius 1 is 1.27 bits per heavy atom. The van der Waals surface area contributed by atoms with Gasteiger partial charge in [-0.2, -0.15) is 0 Å². The Kier molecular flexibility index (Phi) is 6.74. The molecule has 2 rings (SSSR count). The number of phenolic OH excluding ortho intramolecular Hbond substituents is 1. The summed E-state index contributed by atoms with van der Waals surface area (Å²) in [7, 11) is 0. The molecule has 0 heterocycles. The van der Waals surface area contributed by atoms with Gasteiger partial charge in [-0.05, 0) is 24.3 Å². The first kappa shape index (κ1) is 18.4. The van der Waals surface area contributed by atoms with Gasteiger partial charge in [0.05, 0.1) is 6.04 Å².